The maximum absolute atomic E-state index is 11.9. The summed E-state index contributed by atoms with van der Waals surface area (Å²) in [6.07, 6.45) is 2.63. The van der Waals surface area contributed by atoms with E-state index >= 15 is 0 Å². The minimum absolute atomic E-state index is 0.00641. The highest BCUT2D eigenvalue weighted by Crippen LogP contribution is 2.13. The number of anilines is 1. The molecule has 2 aromatic rings. The van der Waals surface area contributed by atoms with Crippen LogP contribution in [0.15, 0.2) is 36.7 Å². The van der Waals surface area contributed by atoms with Gasteiger partial charge in [0.25, 0.3) is 11.8 Å². The molecule has 0 atom stereocenters. The SMILES string of the molecule is CC.NC(=O)c1nccnc1NC(=O)c1ccc(O)cc1. The highest BCUT2D eigenvalue weighted by molar-refractivity contribution is 6.07. The Morgan fingerprint density at radius 2 is 1.67 bits per heavy atom. The van der Waals surface area contributed by atoms with E-state index in [2.05, 4.69) is 15.3 Å². The zero-order chi connectivity index (χ0) is 15.8. The zero-order valence-corrected chi connectivity index (χ0v) is 11.7. The fraction of sp³-hybridized carbons (Fsp3) is 0.143. The monoisotopic (exact) mass is 288 g/mol. The van der Waals surface area contributed by atoms with Crippen molar-refractivity contribution in [2.75, 3.05) is 5.32 Å². The molecule has 1 heterocycles. The van der Waals surface area contributed by atoms with Crippen molar-refractivity contribution in [3.8, 4) is 5.75 Å². The van der Waals surface area contributed by atoms with Crippen LogP contribution < -0.4 is 11.1 Å². The molecular weight excluding hydrogens is 272 g/mol. The summed E-state index contributed by atoms with van der Waals surface area (Å²) in [5.41, 5.74) is 5.31. The average molecular weight is 288 g/mol. The van der Waals surface area contributed by atoms with Gasteiger partial charge in [-0.05, 0) is 24.3 Å². The molecule has 0 radical (unpaired) electrons. The Morgan fingerprint density at radius 1 is 1.10 bits per heavy atom. The molecule has 0 saturated carbocycles. The smallest absolute Gasteiger partial charge is 0.271 e. The van der Waals surface area contributed by atoms with Gasteiger partial charge < -0.3 is 16.2 Å². The van der Waals surface area contributed by atoms with E-state index in [1.54, 1.807) is 0 Å². The predicted octanol–water partition coefficient (Wildman–Crippen LogP) is 1.56. The average Bonchev–Trinajstić information content (AvgIpc) is 2.50. The first-order valence-corrected chi connectivity index (χ1v) is 6.29. The lowest BCUT2D eigenvalue weighted by atomic mass is 10.2. The molecule has 7 heteroatoms. The van der Waals surface area contributed by atoms with Crippen LogP contribution >= 0.6 is 0 Å². The summed E-state index contributed by atoms with van der Waals surface area (Å²) in [5, 5.41) is 11.6. The fourth-order valence-electron chi connectivity index (χ4n) is 1.40. The number of hydrogen-bond donors (Lipinski definition) is 3. The molecule has 0 unspecified atom stereocenters. The van der Waals surface area contributed by atoms with Crippen LogP contribution in [0.2, 0.25) is 0 Å². The van der Waals surface area contributed by atoms with Gasteiger partial charge in [0.2, 0.25) is 0 Å². The molecule has 1 aromatic carbocycles. The van der Waals surface area contributed by atoms with Crippen LogP contribution in [0.5, 0.6) is 5.75 Å². The number of rotatable bonds is 3. The Labute approximate surface area is 121 Å². The molecule has 4 N–H and O–H groups in total. The van der Waals surface area contributed by atoms with Crippen molar-refractivity contribution < 1.29 is 14.7 Å². The second-order valence-corrected chi connectivity index (χ2v) is 3.62. The predicted molar refractivity (Wildman–Crippen MR) is 78.0 cm³/mol. The van der Waals surface area contributed by atoms with Crippen LogP contribution in [-0.2, 0) is 0 Å². The Morgan fingerprint density at radius 3 is 2.24 bits per heavy atom. The molecule has 0 fully saturated rings. The Hall–Kier alpha value is -2.96. The second-order valence-electron chi connectivity index (χ2n) is 3.62. The second kappa shape index (κ2) is 7.59. The number of phenolic OH excluding ortho intramolecular Hbond substituents is 1. The number of aromatic hydroxyl groups is 1. The highest BCUT2D eigenvalue weighted by atomic mass is 16.3. The molecule has 0 aliphatic carbocycles. The normalized spacial score (nSPS) is 9.24. The molecule has 1 aromatic heterocycles. The molecule has 7 nitrogen and oxygen atoms in total. The number of benzene rings is 1. The number of carbonyl (C=O) groups excluding carboxylic acids is 2. The van der Waals surface area contributed by atoms with E-state index in [-0.39, 0.29) is 17.3 Å². The van der Waals surface area contributed by atoms with Gasteiger partial charge >= 0.3 is 0 Å². The zero-order valence-electron chi connectivity index (χ0n) is 11.7. The molecule has 0 aliphatic rings. The van der Waals surface area contributed by atoms with Crippen LogP contribution in [0.25, 0.3) is 0 Å². The Bertz CT molecular complexity index is 626. The van der Waals surface area contributed by atoms with Gasteiger partial charge in [0.1, 0.15) is 5.75 Å². The largest absolute Gasteiger partial charge is 0.508 e. The van der Waals surface area contributed by atoms with Gasteiger partial charge in [0.15, 0.2) is 11.5 Å². The fourth-order valence-corrected chi connectivity index (χ4v) is 1.40. The summed E-state index contributed by atoms with van der Waals surface area (Å²) in [5.74, 6) is -1.22. The lowest BCUT2D eigenvalue weighted by Crippen LogP contribution is -2.20. The minimum atomic E-state index is -0.783. The summed E-state index contributed by atoms with van der Waals surface area (Å²) in [7, 11) is 0. The van der Waals surface area contributed by atoms with Gasteiger partial charge in [-0.1, -0.05) is 13.8 Å². The first kappa shape index (κ1) is 16.1. The topological polar surface area (TPSA) is 118 Å². The van der Waals surface area contributed by atoms with Crippen molar-refractivity contribution in [2.45, 2.75) is 13.8 Å². The molecule has 2 amide bonds. The Kier molecular flexibility index (Phi) is 5.81. The van der Waals surface area contributed by atoms with Crippen LogP contribution in [0.4, 0.5) is 5.82 Å². The third kappa shape index (κ3) is 4.27. The van der Waals surface area contributed by atoms with E-state index in [1.165, 1.54) is 36.7 Å². The van der Waals surface area contributed by atoms with Crippen molar-refractivity contribution >= 4 is 17.6 Å². The van der Waals surface area contributed by atoms with Crippen LogP contribution in [0, 0.1) is 0 Å². The molecule has 110 valence electrons. The standard InChI is InChI=1S/C12H10N4O3.C2H6/c13-10(18)9-11(15-6-5-14-9)16-12(19)7-1-3-8(17)4-2-7;1-2/h1-6,17H,(H2,13,18)(H,15,16,19);1-2H3. The maximum atomic E-state index is 11.9. The van der Waals surface area contributed by atoms with Gasteiger partial charge in [-0.25, -0.2) is 9.97 Å². The number of nitrogens with two attached hydrogens (primary N) is 1. The lowest BCUT2D eigenvalue weighted by Gasteiger charge is -2.06. The summed E-state index contributed by atoms with van der Waals surface area (Å²) < 4.78 is 0. The molecule has 0 aliphatic heterocycles. The number of nitrogens with zero attached hydrogens (tertiary/aromatic N) is 2. The molecule has 0 spiro atoms. The minimum Gasteiger partial charge on any atom is -0.508 e. The first-order valence-electron chi connectivity index (χ1n) is 6.29. The van der Waals surface area contributed by atoms with Crippen molar-refractivity contribution in [1.29, 1.82) is 0 Å². The summed E-state index contributed by atoms with van der Waals surface area (Å²) in [6, 6.07) is 5.62. The van der Waals surface area contributed by atoms with Gasteiger partial charge in [-0.3, -0.25) is 9.59 Å². The van der Waals surface area contributed by atoms with Crippen LogP contribution in [0.1, 0.15) is 34.7 Å². The van der Waals surface area contributed by atoms with Crippen molar-refractivity contribution in [3.05, 3.63) is 47.9 Å². The van der Waals surface area contributed by atoms with Gasteiger partial charge in [0, 0.05) is 18.0 Å². The Balaban J connectivity index is 0.00000106. The number of amides is 2. The number of primary amides is 1. The molecule has 0 bridgehead atoms. The van der Waals surface area contributed by atoms with Crippen LogP contribution in [0.3, 0.4) is 0 Å². The van der Waals surface area contributed by atoms with E-state index in [0.29, 0.717) is 5.56 Å². The number of carbonyl (C=O) groups is 2. The number of nitrogens with one attached hydrogen (secondary N) is 1. The quantitative estimate of drug-likeness (QED) is 0.792. The maximum Gasteiger partial charge on any atom is 0.271 e. The van der Waals surface area contributed by atoms with E-state index < -0.39 is 11.8 Å². The number of phenols is 1. The molecular formula is C14H16N4O3. The highest BCUT2D eigenvalue weighted by Gasteiger charge is 2.14. The summed E-state index contributed by atoms with van der Waals surface area (Å²) in [4.78, 5) is 30.6. The van der Waals surface area contributed by atoms with E-state index in [0.717, 1.165) is 0 Å². The van der Waals surface area contributed by atoms with E-state index in [9.17, 15) is 9.59 Å². The lowest BCUT2D eigenvalue weighted by molar-refractivity contribution is 0.0996. The van der Waals surface area contributed by atoms with Gasteiger partial charge in [-0.2, -0.15) is 0 Å². The van der Waals surface area contributed by atoms with E-state index in [4.69, 9.17) is 10.8 Å². The summed E-state index contributed by atoms with van der Waals surface area (Å²) in [6.45, 7) is 4.00. The van der Waals surface area contributed by atoms with Crippen molar-refractivity contribution in [1.82, 2.24) is 9.97 Å². The molecule has 21 heavy (non-hydrogen) atoms. The van der Waals surface area contributed by atoms with E-state index in [1.807, 2.05) is 13.8 Å². The number of hydrogen-bond acceptors (Lipinski definition) is 5. The third-order valence-corrected chi connectivity index (χ3v) is 2.29. The first-order chi connectivity index (χ1) is 10.1. The van der Waals surface area contributed by atoms with Crippen molar-refractivity contribution in [2.24, 2.45) is 5.73 Å². The molecule has 0 saturated heterocycles. The van der Waals surface area contributed by atoms with Crippen molar-refractivity contribution in [3.63, 3.8) is 0 Å². The van der Waals surface area contributed by atoms with Gasteiger partial charge in [0.05, 0.1) is 0 Å². The van der Waals surface area contributed by atoms with Gasteiger partial charge in [-0.15, -0.1) is 0 Å². The number of aromatic nitrogens is 2. The molecule has 2 rings (SSSR count). The third-order valence-electron chi connectivity index (χ3n) is 2.29. The van der Waals surface area contributed by atoms with Crippen LogP contribution in [-0.4, -0.2) is 26.9 Å². The summed E-state index contributed by atoms with van der Waals surface area (Å²) >= 11 is 0.